The van der Waals surface area contributed by atoms with Crippen LogP contribution in [0.5, 0.6) is 0 Å². The van der Waals surface area contributed by atoms with E-state index in [1.54, 1.807) is 19.6 Å². The molecule has 0 spiro atoms. The molecule has 6 heteroatoms. The fourth-order valence-corrected chi connectivity index (χ4v) is 2.39. The number of ketones is 1. The number of aromatic nitrogens is 1. The van der Waals surface area contributed by atoms with E-state index in [9.17, 15) is 4.79 Å². The predicted molar refractivity (Wildman–Crippen MR) is 72.7 cm³/mol. The van der Waals surface area contributed by atoms with Gasteiger partial charge in [-0.3, -0.25) is 4.79 Å². The number of anilines is 1. The van der Waals surface area contributed by atoms with Crippen LogP contribution in [-0.2, 0) is 9.47 Å². The number of carbonyl (C=O) groups excluding carboxylic acids is 1. The Morgan fingerprint density at radius 1 is 1.33 bits per heavy atom. The van der Waals surface area contributed by atoms with Gasteiger partial charge in [0.2, 0.25) is 0 Å². The third kappa shape index (κ3) is 4.72. The molecule has 18 heavy (non-hydrogen) atoms. The maximum atomic E-state index is 11.2. The normalized spacial score (nSPS) is 10.6. The molecule has 1 rings (SSSR count). The summed E-state index contributed by atoms with van der Waals surface area (Å²) in [5, 5.41) is 2.67. The van der Waals surface area contributed by atoms with Crippen LogP contribution in [0.3, 0.4) is 0 Å². The highest BCUT2D eigenvalue weighted by atomic mass is 32.1. The van der Waals surface area contributed by atoms with Crippen LogP contribution < -0.4 is 4.90 Å². The second-order valence-electron chi connectivity index (χ2n) is 3.90. The van der Waals surface area contributed by atoms with Gasteiger partial charge >= 0.3 is 0 Å². The number of ether oxygens (including phenoxy) is 2. The van der Waals surface area contributed by atoms with Crippen molar-refractivity contribution >= 4 is 22.3 Å². The molecular weight excluding hydrogens is 252 g/mol. The predicted octanol–water partition coefficient (Wildman–Crippen LogP) is 1.83. The summed E-state index contributed by atoms with van der Waals surface area (Å²) in [6, 6.07) is 0. The molecule has 0 atom stereocenters. The zero-order chi connectivity index (χ0) is 13.4. The van der Waals surface area contributed by atoms with Crippen molar-refractivity contribution in [3.63, 3.8) is 0 Å². The SMILES string of the molecule is COCCCN(CCOC)c1nc(C(C)=O)cs1. The molecule has 0 N–H and O–H groups in total. The first-order valence-electron chi connectivity index (χ1n) is 5.88. The summed E-state index contributed by atoms with van der Waals surface area (Å²) in [5.41, 5.74) is 0.532. The van der Waals surface area contributed by atoms with Gasteiger partial charge in [0.25, 0.3) is 0 Å². The van der Waals surface area contributed by atoms with E-state index in [1.165, 1.54) is 18.3 Å². The van der Waals surface area contributed by atoms with E-state index in [1.807, 2.05) is 0 Å². The molecule has 0 aliphatic rings. The van der Waals surface area contributed by atoms with Crippen molar-refractivity contribution in [2.24, 2.45) is 0 Å². The highest BCUT2D eigenvalue weighted by molar-refractivity contribution is 7.13. The van der Waals surface area contributed by atoms with Gasteiger partial charge in [0.1, 0.15) is 5.69 Å². The average Bonchev–Trinajstić information content (AvgIpc) is 2.83. The molecule has 0 unspecified atom stereocenters. The third-order valence-electron chi connectivity index (χ3n) is 2.47. The number of carbonyl (C=O) groups is 1. The molecule has 1 heterocycles. The topological polar surface area (TPSA) is 51.7 Å². The summed E-state index contributed by atoms with van der Waals surface area (Å²) in [6.45, 7) is 4.51. The van der Waals surface area contributed by atoms with Crippen molar-refractivity contribution in [3.05, 3.63) is 11.1 Å². The van der Waals surface area contributed by atoms with Gasteiger partial charge in [-0.15, -0.1) is 11.3 Å². The van der Waals surface area contributed by atoms with Crippen molar-refractivity contribution in [3.8, 4) is 0 Å². The van der Waals surface area contributed by atoms with Gasteiger partial charge in [-0.05, 0) is 6.42 Å². The lowest BCUT2D eigenvalue weighted by Crippen LogP contribution is -2.29. The highest BCUT2D eigenvalue weighted by Crippen LogP contribution is 2.20. The second-order valence-corrected chi connectivity index (χ2v) is 4.73. The van der Waals surface area contributed by atoms with E-state index in [0.717, 1.165) is 24.6 Å². The first kappa shape index (κ1) is 15.1. The van der Waals surface area contributed by atoms with Crippen LogP contribution in [0.15, 0.2) is 5.38 Å². The summed E-state index contributed by atoms with van der Waals surface area (Å²) in [6.07, 6.45) is 0.926. The lowest BCUT2D eigenvalue weighted by atomic mass is 10.3. The molecule has 0 saturated heterocycles. The maximum Gasteiger partial charge on any atom is 0.186 e. The van der Waals surface area contributed by atoms with E-state index in [0.29, 0.717) is 18.9 Å². The van der Waals surface area contributed by atoms with Gasteiger partial charge in [-0.2, -0.15) is 0 Å². The van der Waals surface area contributed by atoms with E-state index in [4.69, 9.17) is 9.47 Å². The fraction of sp³-hybridized carbons (Fsp3) is 0.667. The molecule has 0 amide bonds. The Hall–Kier alpha value is -0.980. The number of Topliss-reactive ketones (excluding diaryl/α,β-unsaturated/α-hetero) is 1. The van der Waals surface area contributed by atoms with Crippen LogP contribution in [0.4, 0.5) is 5.13 Å². The van der Waals surface area contributed by atoms with Gasteiger partial charge in [-0.1, -0.05) is 0 Å². The van der Waals surface area contributed by atoms with Gasteiger partial charge < -0.3 is 14.4 Å². The molecule has 0 radical (unpaired) electrons. The molecule has 102 valence electrons. The van der Waals surface area contributed by atoms with Crippen LogP contribution in [0.2, 0.25) is 0 Å². The second kappa shape index (κ2) is 8.18. The minimum Gasteiger partial charge on any atom is -0.385 e. The van der Waals surface area contributed by atoms with E-state index >= 15 is 0 Å². The molecule has 0 fully saturated rings. The summed E-state index contributed by atoms with van der Waals surface area (Å²) in [7, 11) is 3.37. The largest absolute Gasteiger partial charge is 0.385 e. The Morgan fingerprint density at radius 3 is 2.61 bits per heavy atom. The Kier molecular flexibility index (Phi) is 6.85. The Labute approximate surface area is 112 Å². The summed E-state index contributed by atoms with van der Waals surface area (Å²) in [4.78, 5) is 17.7. The smallest absolute Gasteiger partial charge is 0.186 e. The van der Waals surface area contributed by atoms with Crippen molar-refractivity contribution < 1.29 is 14.3 Å². The summed E-state index contributed by atoms with van der Waals surface area (Å²) >= 11 is 1.49. The van der Waals surface area contributed by atoms with Crippen LogP contribution >= 0.6 is 11.3 Å². The zero-order valence-corrected chi connectivity index (χ0v) is 12.0. The molecule has 0 aliphatic carbocycles. The van der Waals surface area contributed by atoms with Crippen LogP contribution in [0, 0.1) is 0 Å². The Morgan fingerprint density at radius 2 is 2.06 bits per heavy atom. The minimum absolute atomic E-state index is 0.00100. The first-order valence-corrected chi connectivity index (χ1v) is 6.76. The van der Waals surface area contributed by atoms with Crippen LogP contribution in [-0.4, -0.2) is 51.3 Å². The Bertz CT molecular complexity index is 368. The van der Waals surface area contributed by atoms with Crippen molar-refractivity contribution in [2.75, 3.05) is 45.4 Å². The van der Waals surface area contributed by atoms with Gasteiger partial charge in [0.05, 0.1) is 6.61 Å². The number of nitrogens with zero attached hydrogens (tertiary/aromatic N) is 2. The van der Waals surface area contributed by atoms with Gasteiger partial charge in [-0.25, -0.2) is 4.98 Å². The van der Waals surface area contributed by atoms with Crippen LogP contribution in [0.1, 0.15) is 23.8 Å². The zero-order valence-electron chi connectivity index (χ0n) is 11.1. The van der Waals surface area contributed by atoms with E-state index < -0.39 is 0 Å². The molecule has 1 aromatic heterocycles. The highest BCUT2D eigenvalue weighted by Gasteiger charge is 2.12. The lowest BCUT2D eigenvalue weighted by molar-refractivity contribution is 0.101. The number of rotatable bonds is 9. The Balaban J connectivity index is 2.63. The number of thiazole rings is 1. The lowest BCUT2D eigenvalue weighted by Gasteiger charge is -2.21. The minimum atomic E-state index is 0.00100. The van der Waals surface area contributed by atoms with Gasteiger partial charge in [0, 0.05) is 46.2 Å². The molecule has 0 aromatic carbocycles. The standard InChI is InChI=1S/C12H20N2O3S/c1-10(15)11-9-18-12(13-11)14(6-8-17-3)5-4-7-16-2/h9H,4-8H2,1-3H3. The average molecular weight is 272 g/mol. The molecule has 1 aromatic rings. The molecular formula is C12H20N2O3S. The molecule has 0 aliphatic heterocycles. The fourth-order valence-electron chi connectivity index (χ4n) is 1.48. The quantitative estimate of drug-likeness (QED) is 0.507. The molecule has 0 bridgehead atoms. The van der Waals surface area contributed by atoms with Gasteiger partial charge in [0.15, 0.2) is 10.9 Å². The monoisotopic (exact) mass is 272 g/mol. The molecule has 0 saturated carbocycles. The molecule has 5 nitrogen and oxygen atoms in total. The number of hydrogen-bond acceptors (Lipinski definition) is 6. The number of methoxy groups -OCH3 is 2. The van der Waals surface area contributed by atoms with Crippen molar-refractivity contribution in [1.29, 1.82) is 0 Å². The first-order chi connectivity index (χ1) is 8.69. The van der Waals surface area contributed by atoms with Crippen molar-refractivity contribution in [2.45, 2.75) is 13.3 Å². The van der Waals surface area contributed by atoms with E-state index in [2.05, 4.69) is 9.88 Å². The van der Waals surface area contributed by atoms with Crippen LogP contribution in [0.25, 0.3) is 0 Å². The van der Waals surface area contributed by atoms with E-state index in [-0.39, 0.29) is 5.78 Å². The summed E-state index contributed by atoms with van der Waals surface area (Å²) in [5.74, 6) is 0.00100. The van der Waals surface area contributed by atoms with Crippen molar-refractivity contribution in [1.82, 2.24) is 4.98 Å². The third-order valence-corrected chi connectivity index (χ3v) is 3.37. The maximum absolute atomic E-state index is 11.2. The number of hydrogen-bond donors (Lipinski definition) is 0. The summed E-state index contributed by atoms with van der Waals surface area (Å²) < 4.78 is 10.1.